The van der Waals surface area contributed by atoms with Crippen LogP contribution in [0.3, 0.4) is 0 Å². The zero-order valence-corrected chi connectivity index (χ0v) is 11.5. The third-order valence-corrected chi connectivity index (χ3v) is 3.02. The van der Waals surface area contributed by atoms with Gasteiger partial charge in [-0.1, -0.05) is 6.07 Å². The van der Waals surface area contributed by atoms with E-state index in [1.54, 1.807) is 17.0 Å². The highest BCUT2D eigenvalue weighted by molar-refractivity contribution is 5.77. The van der Waals surface area contributed by atoms with Gasteiger partial charge < -0.3 is 16.0 Å². The van der Waals surface area contributed by atoms with E-state index in [0.717, 1.165) is 0 Å². The number of carbonyl (C=O) groups is 1. The number of amides is 1. The Morgan fingerprint density at radius 3 is 2.63 bits per heavy atom. The molecule has 0 bridgehead atoms. The van der Waals surface area contributed by atoms with E-state index in [1.807, 2.05) is 13.8 Å². The molecule has 0 saturated heterocycles. The van der Waals surface area contributed by atoms with Crippen LogP contribution in [0.1, 0.15) is 20.3 Å². The van der Waals surface area contributed by atoms with Gasteiger partial charge in [-0.05, 0) is 32.0 Å². The average Bonchev–Trinajstić information content (AvgIpc) is 2.39. The maximum atomic E-state index is 13.1. The lowest BCUT2D eigenvalue weighted by molar-refractivity contribution is -0.131. The Morgan fingerprint density at radius 1 is 1.42 bits per heavy atom. The fraction of sp³-hybridized carbons (Fsp3) is 0.500. The molecule has 3 N–H and O–H groups in total. The number of nitrogens with one attached hydrogen (secondary N) is 1. The van der Waals surface area contributed by atoms with Crippen LogP contribution in [0.25, 0.3) is 0 Å². The minimum absolute atomic E-state index is 0.0596. The smallest absolute Gasteiger partial charge is 0.224 e. The van der Waals surface area contributed by atoms with Gasteiger partial charge in [-0.15, -0.1) is 0 Å². The van der Waals surface area contributed by atoms with Crippen LogP contribution < -0.4 is 11.1 Å². The van der Waals surface area contributed by atoms with Crippen LogP contribution >= 0.6 is 0 Å². The van der Waals surface area contributed by atoms with E-state index in [0.29, 0.717) is 31.7 Å². The highest BCUT2D eigenvalue weighted by Gasteiger charge is 2.16. The molecule has 1 aromatic rings. The van der Waals surface area contributed by atoms with Gasteiger partial charge in [-0.3, -0.25) is 4.79 Å². The molecule has 0 heterocycles. The monoisotopic (exact) mass is 267 g/mol. The van der Waals surface area contributed by atoms with E-state index in [9.17, 15) is 9.18 Å². The number of halogens is 1. The maximum Gasteiger partial charge on any atom is 0.224 e. The lowest BCUT2D eigenvalue weighted by atomic mass is 10.1. The van der Waals surface area contributed by atoms with Gasteiger partial charge in [0.15, 0.2) is 0 Å². The van der Waals surface area contributed by atoms with Crippen molar-refractivity contribution in [3.63, 3.8) is 0 Å². The van der Waals surface area contributed by atoms with Gasteiger partial charge in [-0.2, -0.15) is 0 Å². The molecule has 1 amide bonds. The van der Waals surface area contributed by atoms with Crippen LogP contribution in [0.4, 0.5) is 10.1 Å². The number of benzene rings is 1. The Morgan fingerprint density at radius 2 is 2.11 bits per heavy atom. The van der Waals surface area contributed by atoms with Gasteiger partial charge in [0.25, 0.3) is 0 Å². The molecule has 0 aliphatic rings. The van der Waals surface area contributed by atoms with Crippen molar-refractivity contribution < 1.29 is 9.18 Å². The molecule has 0 radical (unpaired) electrons. The summed E-state index contributed by atoms with van der Waals surface area (Å²) in [7, 11) is 0. The normalized spacial score (nSPS) is 12.0. The van der Waals surface area contributed by atoms with Gasteiger partial charge in [0.1, 0.15) is 5.82 Å². The summed E-state index contributed by atoms with van der Waals surface area (Å²) in [5, 5.41) is 3.09. The lowest BCUT2D eigenvalue weighted by Gasteiger charge is -2.23. The second-order valence-electron chi connectivity index (χ2n) is 4.36. The standard InChI is InChI=1S/C14H22FN3O/c1-3-18(4-2)14(19)9-13(10-16)17-12-7-5-6-11(15)8-12/h5-8,13,17H,3-4,9-10,16H2,1-2H3. The molecule has 0 aliphatic heterocycles. The summed E-state index contributed by atoms with van der Waals surface area (Å²) >= 11 is 0. The largest absolute Gasteiger partial charge is 0.380 e. The molecule has 1 rings (SSSR count). The number of carbonyl (C=O) groups excluding carboxylic acids is 1. The number of rotatable bonds is 7. The maximum absolute atomic E-state index is 13.1. The number of hydrogen-bond acceptors (Lipinski definition) is 3. The number of anilines is 1. The number of nitrogens with zero attached hydrogens (tertiary/aromatic N) is 1. The Hall–Kier alpha value is -1.62. The first-order valence-electron chi connectivity index (χ1n) is 6.60. The zero-order chi connectivity index (χ0) is 14.3. The third-order valence-electron chi connectivity index (χ3n) is 3.02. The molecular weight excluding hydrogens is 245 g/mol. The van der Waals surface area contributed by atoms with Gasteiger partial charge in [-0.25, -0.2) is 4.39 Å². The molecule has 0 spiro atoms. The zero-order valence-electron chi connectivity index (χ0n) is 11.5. The average molecular weight is 267 g/mol. The second-order valence-corrected chi connectivity index (χ2v) is 4.36. The van der Waals surface area contributed by atoms with Crippen molar-refractivity contribution in [2.75, 3.05) is 25.0 Å². The lowest BCUT2D eigenvalue weighted by Crippen LogP contribution is -2.38. The molecule has 1 atom stereocenters. The van der Waals surface area contributed by atoms with Crippen molar-refractivity contribution in [1.82, 2.24) is 4.90 Å². The predicted molar refractivity (Wildman–Crippen MR) is 75.4 cm³/mol. The highest BCUT2D eigenvalue weighted by Crippen LogP contribution is 2.12. The SMILES string of the molecule is CCN(CC)C(=O)CC(CN)Nc1cccc(F)c1. The number of nitrogens with two attached hydrogens (primary N) is 1. The van der Waals surface area contributed by atoms with Crippen molar-refractivity contribution >= 4 is 11.6 Å². The minimum atomic E-state index is -0.309. The van der Waals surface area contributed by atoms with E-state index >= 15 is 0 Å². The highest BCUT2D eigenvalue weighted by atomic mass is 19.1. The topological polar surface area (TPSA) is 58.4 Å². The first-order valence-corrected chi connectivity index (χ1v) is 6.60. The Kier molecular flexibility index (Phi) is 6.29. The van der Waals surface area contributed by atoms with Gasteiger partial charge >= 0.3 is 0 Å². The molecule has 0 saturated carbocycles. The van der Waals surface area contributed by atoms with Crippen molar-refractivity contribution in [2.24, 2.45) is 5.73 Å². The van der Waals surface area contributed by atoms with Crippen LogP contribution in [0.15, 0.2) is 24.3 Å². The molecule has 1 unspecified atom stereocenters. The Balaban J connectivity index is 2.61. The predicted octanol–water partition coefficient (Wildman–Crippen LogP) is 1.82. The van der Waals surface area contributed by atoms with Crippen LogP contribution in [0.2, 0.25) is 0 Å². The second kappa shape index (κ2) is 7.74. The van der Waals surface area contributed by atoms with E-state index in [1.165, 1.54) is 12.1 Å². The first-order chi connectivity index (χ1) is 9.10. The third kappa shape index (κ3) is 4.87. The summed E-state index contributed by atoms with van der Waals surface area (Å²) in [5.74, 6) is -0.250. The van der Waals surface area contributed by atoms with Crippen LogP contribution in [0, 0.1) is 5.82 Å². The van der Waals surface area contributed by atoms with Crippen molar-refractivity contribution in [3.05, 3.63) is 30.1 Å². The molecule has 0 aromatic heterocycles. The van der Waals surface area contributed by atoms with E-state index in [2.05, 4.69) is 5.32 Å². The summed E-state index contributed by atoms with van der Waals surface area (Å²) < 4.78 is 13.1. The Bertz CT molecular complexity index is 407. The van der Waals surface area contributed by atoms with E-state index in [-0.39, 0.29) is 17.8 Å². The molecule has 106 valence electrons. The molecular formula is C14H22FN3O. The van der Waals surface area contributed by atoms with Gasteiger partial charge in [0, 0.05) is 37.8 Å². The van der Waals surface area contributed by atoms with Crippen molar-refractivity contribution in [3.8, 4) is 0 Å². The number of hydrogen-bond donors (Lipinski definition) is 2. The van der Waals surface area contributed by atoms with Crippen LogP contribution in [-0.2, 0) is 4.79 Å². The summed E-state index contributed by atoms with van der Waals surface area (Å²) in [4.78, 5) is 13.7. The van der Waals surface area contributed by atoms with E-state index in [4.69, 9.17) is 5.73 Å². The van der Waals surface area contributed by atoms with Crippen LogP contribution in [-0.4, -0.2) is 36.5 Å². The minimum Gasteiger partial charge on any atom is -0.380 e. The van der Waals surface area contributed by atoms with E-state index < -0.39 is 0 Å². The van der Waals surface area contributed by atoms with Gasteiger partial charge in [0.2, 0.25) is 5.91 Å². The summed E-state index contributed by atoms with van der Waals surface area (Å²) in [6, 6.07) is 5.97. The molecule has 19 heavy (non-hydrogen) atoms. The fourth-order valence-corrected chi connectivity index (χ4v) is 1.92. The molecule has 0 aliphatic carbocycles. The Labute approximate surface area is 113 Å². The van der Waals surface area contributed by atoms with Gasteiger partial charge in [0.05, 0.1) is 0 Å². The fourth-order valence-electron chi connectivity index (χ4n) is 1.92. The first kappa shape index (κ1) is 15.4. The summed E-state index contributed by atoms with van der Waals surface area (Å²) in [6.45, 7) is 5.58. The molecule has 1 aromatic carbocycles. The molecule has 4 nitrogen and oxygen atoms in total. The van der Waals surface area contributed by atoms with Crippen molar-refractivity contribution in [2.45, 2.75) is 26.3 Å². The molecule has 0 fully saturated rings. The summed E-state index contributed by atoms with van der Waals surface area (Å²) in [5.41, 5.74) is 6.30. The molecule has 5 heteroatoms. The van der Waals surface area contributed by atoms with Crippen molar-refractivity contribution in [1.29, 1.82) is 0 Å². The quantitative estimate of drug-likeness (QED) is 0.792. The van der Waals surface area contributed by atoms with Crippen LogP contribution in [0.5, 0.6) is 0 Å². The summed E-state index contributed by atoms with van der Waals surface area (Å²) in [6.07, 6.45) is 0.314.